The number of hydrogen-bond acceptors (Lipinski definition) is 0. The summed E-state index contributed by atoms with van der Waals surface area (Å²) in [4.78, 5) is 0. The molecule has 0 nitrogen and oxygen atoms in total. The molecule has 1 fully saturated rings. The van der Waals surface area contributed by atoms with Crippen LogP contribution in [0.15, 0.2) is 24.3 Å². The Hall–Kier alpha value is -0.780. The number of aryl methyl sites for hydroxylation is 2. The Bertz CT molecular complexity index is 362. The van der Waals surface area contributed by atoms with Crippen molar-refractivity contribution < 1.29 is 0 Å². The number of rotatable bonds is 7. The fraction of sp³-hybridized carbons (Fsp3) is 0.700. The van der Waals surface area contributed by atoms with Crippen molar-refractivity contribution in [3.63, 3.8) is 0 Å². The molecule has 1 aromatic carbocycles. The van der Waals surface area contributed by atoms with Gasteiger partial charge in [0.05, 0.1) is 0 Å². The average Bonchev–Trinajstić information content (AvgIpc) is 2.48. The minimum absolute atomic E-state index is 0.676. The van der Waals surface area contributed by atoms with Crippen LogP contribution >= 0.6 is 0 Å². The molecule has 0 aliphatic heterocycles. The maximum Gasteiger partial charge on any atom is -0.0274 e. The molecule has 0 N–H and O–H groups in total. The number of benzene rings is 1. The standard InChI is InChI=1S/C20H32/c1-3-8-18-9-11-19(12-10-18)13-17-20(14-4-2)15-6-5-7-16-20/h9-12H,3-8,13-17H2,1-2H3. The SMILES string of the molecule is CCCc1ccc(CCC2(CCC)CCCCC2)cc1. The quantitative estimate of drug-likeness (QED) is 0.544. The summed E-state index contributed by atoms with van der Waals surface area (Å²) in [5.74, 6) is 0. The molecular weight excluding hydrogens is 240 g/mol. The molecule has 0 amide bonds. The minimum atomic E-state index is 0.676. The van der Waals surface area contributed by atoms with Crippen LogP contribution in [0.4, 0.5) is 0 Å². The summed E-state index contributed by atoms with van der Waals surface area (Å²) < 4.78 is 0. The van der Waals surface area contributed by atoms with E-state index in [4.69, 9.17) is 0 Å². The molecular formula is C20H32. The van der Waals surface area contributed by atoms with Crippen molar-refractivity contribution in [3.05, 3.63) is 35.4 Å². The summed E-state index contributed by atoms with van der Waals surface area (Å²) in [6, 6.07) is 9.42. The van der Waals surface area contributed by atoms with Crippen molar-refractivity contribution in [2.75, 3.05) is 0 Å². The first-order valence-electron chi connectivity index (χ1n) is 8.86. The zero-order valence-corrected chi connectivity index (χ0v) is 13.6. The first kappa shape index (κ1) is 15.6. The van der Waals surface area contributed by atoms with Crippen LogP contribution in [0.1, 0.15) is 82.8 Å². The van der Waals surface area contributed by atoms with E-state index >= 15 is 0 Å². The lowest BCUT2D eigenvalue weighted by atomic mass is 9.68. The Morgan fingerprint density at radius 3 is 1.90 bits per heavy atom. The van der Waals surface area contributed by atoms with Gasteiger partial charge in [0.1, 0.15) is 0 Å². The van der Waals surface area contributed by atoms with Crippen LogP contribution in [0.2, 0.25) is 0 Å². The highest BCUT2D eigenvalue weighted by molar-refractivity contribution is 5.22. The van der Waals surface area contributed by atoms with Gasteiger partial charge in [-0.15, -0.1) is 0 Å². The lowest BCUT2D eigenvalue weighted by Crippen LogP contribution is -2.24. The maximum atomic E-state index is 2.37. The van der Waals surface area contributed by atoms with Crippen LogP contribution in [0.25, 0.3) is 0 Å². The van der Waals surface area contributed by atoms with E-state index in [1.807, 2.05) is 0 Å². The summed E-state index contributed by atoms with van der Waals surface area (Å²) in [6.07, 6.45) is 15.3. The van der Waals surface area contributed by atoms with Crippen LogP contribution in [0.5, 0.6) is 0 Å². The molecule has 0 unspecified atom stereocenters. The van der Waals surface area contributed by atoms with Gasteiger partial charge in [0.25, 0.3) is 0 Å². The van der Waals surface area contributed by atoms with Gasteiger partial charge >= 0.3 is 0 Å². The van der Waals surface area contributed by atoms with E-state index in [1.54, 1.807) is 5.56 Å². The predicted octanol–water partition coefficient (Wildman–Crippen LogP) is 6.32. The monoisotopic (exact) mass is 272 g/mol. The molecule has 0 atom stereocenters. The molecule has 0 heterocycles. The molecule has 1 aliphatic rings. The van der Waals surface area contributed by atoms with Crippen LogP contribution in [0, 0.1) is 5.41 Å². The molecule has 0 bridgehead atoms. The highest BCUT2D eigenvalue weighted by Gasteiger charge is 2.30. The summed E-state index contributed by atoms with van der Waals surface area (Å²) >= 11 is 0. The second-order valence-electron chi connectivity index (χ2n) is 6.88. The normalized spacial score (nSPS) is 18.1. The Labute approximate surface area is 126 Å². The van der Waals surface area contributed by atoms with Gasteiger partial charge in [-0.3, -0.25) is 0 Å². The van der Waals surface area contributed by atoms with Crippen molar-refractivity contribution in [2.24, 2.45) is 5.41 Å². The largest absolute Gasteiger partial charge is 0.0654 e. The Morgan fingerprint density at radius 1 is 0.750 bits per heavy atom. The second-order valence-corrected chi connectivity index (χ2v) is 6.88. The topological polar surface area (TPSA) is 0 Å². The van der Waals surface area contributed by atoms with Gasteiger partial charge in [-0.05, 0) is 55.1 Å². The van der Waals surface area contributed by atoms with E-state index in [2.05, 4.69) is 38.1 Å². The van der Waals surface area contributed by atoms with Gasteiger partial charge in [0.2, 0.25) is 0 Å². The molecule has 1 aliphatic carbocycles. The average molecular weight is 272 g/mol. The molecule has 112 valence electrons. The third-order valence-electron chi connectivity index (χ3n) is 5.20. The molecule has 0 aromatic heterocycles. The molecule has 1 saturated carbocycles. The first-order chi connectivity index (χ1) is 9.78. The molecule has 0 spiro atoms. The van der Waals surface area contributed by atoms with E-state index in [-0.39, 0.29) is 0 Å². The fourth-order valence-corrected chi connectivity index (χ4v) is 4.03. The van der Waals surface area contributed by atoms with Gasteiger partial charge < -0.3 is 0 Å². The first-order valence-corrected chi connectivity index (χ1v) is 8.86. The van der Waals surface area contributed by atoms with E-state index in [1.165, 1.54) is 76.2 Å². The molecule has 2 rings (SSSR count). The second kappa shape index (κ2) is 7.86. The lowest BCUT2D eigenvalue weighted by Gasteiger charge is -2.37. The Morgan fingerprint density at radius 2 is 1.35 bits per heavy atom. The van der Waals surface area contributed by atoms with Crippen molar-refractivity contribution in [1.29, 1.82) is 0 Å². The highest BCUT2D eigenvalue weighted by atomic mass is 14.4. The van der Waals surface area contributed by atoms with Crippen LogP contribution in [0.3, 0.4) is 0 Å². The molecule has 20 heavy (non-hydrogen) atoms. The van der Waals surface area contributed by atoms with Gasteiger partial charge in [-0.25, -0.2) is 0 Å². The van der Waals surface area contributed by atoms with Crippen molar-refractivity contribution in [3.8, 4) is 0 Å². The van der Waals surface area contributed by atoms with Crippen LogP contribution < -0.4 is 0 Å². The summed E-state index contributed by atoms with van der Waals surface area (Å²) in [6.45, 7) is 4.61. The molecule has 0 radical (unpaired) electrons. The zero-order chi connectivity index (χ0) is 14.3. The maximum absolute atomic E-state index is 2.37. The van der Waals surface area contributed by atoms with Crippen LogP contribution in [-0.2, 0) is 12.8 Å². The Kier molecular flexibility index (Phi) is 6.13. The van der Waals surface area contributed by atoms with Gasteiger partial charge in [-0.2, -0.15) is 0 Å². The smallest absolute Gasteiger partial charge is 0.0274 e. The summed E-state index contributed by atoms with van der Waals surface area (Å²) in [7, 11) is 0. The molecule has 0 heteroatoms. The van der Waals surface area contributed by atoms with Gasteiger partial charge in [-0.1, -0.05) is 70.2 Å². The summed E-state index contributed by atoms with van der Waals surface area (Å²) in [5.41, 5.74) is 3.72. The lowest BCUT2D eigenvalue weighted by molar-refractivity contribution is 0.156. The fourth-order valence-electron chi connectivity index (χ4n) is 4.03. The highest BCUT2D eigenvalue weighted by Crippen LogP contribution is 2.43. The van der Waals surface area contributed by atoms with Crippen molar-refractivity contribution in [2.45, 2.75) is 84.5 Å². The van der Waals surface area contributed by atoms with E-state index in [0.29, 0.717) is 5.41 Å². The van der Waals surface area contributed by atoms with E-state index in [9.17, 15) is 0 Å². The molecule has 1 aromatic rings. The third kappa shape index (κ3) is 4.36. The zero-order valence-electron chi connectivity index (χ0n) is 13.6. The number of hydrogen-bond donors (Lipinski definition) is 0. The van der Waals surface area contributed by atoms with Crippen molar-refractivity contribution in [1.82, 2.24) is 0 Å². The predicted molar refractivity (Wildman–Crippen MR) is 89.2 cm³/mol. The van der Waals surface area contributed by atoms with Crippen LogP contribution in [-0.4, -0.2) is 0 Å². The van der Waals surface area contributed by atoms with Crippen molar-refractivity contribution >= 4 is 0 Å². The Balaban J connectivity index is 1.91. The third-order valence-corrected chi connectivity index (χ3v) is 5.20. The van der Waals surface area contributed by atoms with E-state index in [0.717, 1.165) is 0 Å². The van der Waals surface area contributed by atoms with E-state index < -0.39 is 0 Å². The minimum Gasteiger partial charge on any atom is -0.0654 e. The summed E-state index contributed by atoms with van der Waals surface area (Å²) in [5, 5.41) is 0. The van der Waals surface area contributed by atoms with Gasteiger partial charge in [0.15, 0.2) is 0 Å². The van der Waals surface area contributed by atoms with Gasteiger partial charge in [0, 0.05) is 0 Å². The molecule has 0 saturated heterocycles.